The van der Waals surface area contributed by atoms with Gasteiger partial charge in [-0.15, -0.1) is 0 Å². The number of fused-ring (bicyclic) bond motifs is 1. The van der Waals surface area contributed by atoms with E-state index in [1.807, 2.05) is 30.9 Å². The van der Waals surface area contributed by atoms with Crippen LogP contribution >= 0.6 is 0 Å². The molecule has 4 heterocycles. The van der Waals surface area contributed by atoms with E-state index in [0.29, 0.717) is 49.2 Å². The van der Waals surface area contributed by atoms with Gasteiger partial charge in [-0.05, 0) is 26.2 Å². The maximum Gasteiger partial charge on any atom is 0.296 e. The van der Waals surface area contributed by atoms with Crippen LogP contribution in [0.15, 0.2) is 34.3 Å². The van der Waals surface area contributed by atoms with E-state index in [4.69, 9.17) is 10.5 Å². The minimum atomic E-state index is -2.85. The number of rotatable bonds is 7. The van der Waals surface area contributed by atoms with E-state index >= 15 is 0 Å². The van der Waals surface area contributed by atoms with Crippen molar-refractivity contribution >= 4 is 29.2 Å². The van der Waals surface area contributed by atoms with Crippen LogP contribution in [0.2, 0.25) is 0 Å². The number of aliphatic imine (C=N–C) groups is 2. The molecular formula is C24H31F2N11O. The number of guanidine groups is 1. The molecule has 2 aromatic heterocycles. The third-order valence-electron chi connectivity index (χ3n) is 6.42. The number of halogens is 2. The number of anilines is 1. The molecule has 38 heavy (non-hydrogen) atoms. The summed E-state index contributed by atoms with van der Waals surface area (Å²) in [7, 11) is 5.91. The predicted octanol–water partition coefficient (Wildman–Crippen LogP) is 1.07. The molecule has 2 aliphatic heterocycles. The standard InChI is InChI=1S/C24H31F2N11O/c1-34(2)8-9-35(3)21-28-14-24(27,15-29-21)20-31-22(36-10-12-38-13-11-36)33-23(32-20)37-17-7-5-4-6-16(17)30-19(37)18(25)26/h4-7,14,18H,8-13,15,27H2,1-3H3. The van der Waals surface area contributed by atoms with E-state index in [-0.39, 0.29) is 18.3 Å². The average Bonchev–Trinajstić information content (AvgIpc) is 3.32. The lowest BCUT2D eigenvalue weighted by Crippen LogP contribution is -2.48. The van der Waals surface area contributed by atoms with Crippen LogP contribution in [0.5, 0.6) is 0 Å². The average molecular weight is 528 g/mol. The van der Waals surface area contributed by atoms with Crippen molar-refractivity contribution in [3.8, 4) is 5.95 Å². The number of morpholine rings is 1. The Hall–Kier alpha value is -3.62. The van der Waals surface area contributed by atoms with Gasteiger partial charge >= 0.3 is 0 Å². The fourth-order valence-corrected chi connectivity index (χ4v) is 4.22. The second-order valence-corrected chi connectivity index (χ2v) is 9.59. The Morgan fingerprint density at radius 3 is 2.45 bits per heavy atom. The fraction of sp³-hybridized carbons (Fsp3) is 0.500. The molecule has 202 valence electrons. The van der Waals surface area contributed by atoms with Crippen molar-refractivity contribution in [1.29, 1.82) is 0 Å². The first kappa shape index (κ1) is 26.0. The van der Waals surface area contributed by atoms with Crippen LogP contribution in [0.25, 0.3) is 17.0 Å². The molecule has 0 saturated carbocycles. The van der Waals surface area contributed by atoms with Crippen LogP contribution in [0.3, 0.4) is 0 Å². The smallest absolute Gasteiger partial charge is 0.296 e. The molecule has 0 bridgehead atoms. The molecule has 0 aliphatic carbocycles. The van der Waals surface area contributed by atoms with Crippen molar-refractivity contribution in [3.63, 3.8) is 0 Å². The highest BCUT2D eigenvalue weighted by Crippen LogP contribution is 2.28. The van der Waals surface area contributed by atoms with Gasteiger partial charge in [-0.2, -0.15) is 15.0 Å². The molecule has 0 spiro atoms. The molecule has 1 aromatic carbocycles. The van der Waals surface area contributed by atoms with Crippen LogP contribution in [0.1, 0.15) is 18.1 Å². The highest BCUT2D eigenvalue weighted by Gasteiger charge is 2.35. The number of nitrogens with zero attached hydrogens (tertiary/aromatic N) is 10. The summed E-state index contributed by atoms with van der Waals surface area (Å²) in [5.74, 6) is 0.613. The molecule has 12 nitrogen and oxygen atoms in total. The number of hydrogen-bond donors (Lipinski definition) is 1. The zero-order chi connectivity index (χ0) is 26.9. The lowest BCUT2D eigenvalue weighted by Gasteiger charge is -2.30. The first-order valence-corrected chi connectivity index (χ1v) is 12.3. The Balaban J connectivity index is 1.57. The third kappa shape index (κ3) is 5.19. The Morgan fingerprint density at radius 1 is 1.03 bits per heavy atom. The maximum atomic E-state index is 14.1. The van der Waals surface area contributed by atoms with Gasteiger partial charge in [0.2, 0.25) is 17.9 Å². The lowest BCUT2D eigenvalue weighted by atomic mass is 10.0. The van der Waals surface area contributed by atoms with E-state index in [1.165, 1.54) is 4.57 Å². The van der Waals surface area contributed by atoms with Gasteiger partial charge in [-0.3, -0.25) is 4.57 Å². The molecule has 2 N–H and O–H groups in total. The molecule has 1 atom stereocenters. The molecule has 5 rings (SSSR count). The predicted molar refractivity (Wildman–Crippen MR) is 140 cm³/mol. The zero-order valence-corrected chi connectivity index (χ0v) is 21.6. The number of aromatic nitrogens is 5. The lowest BCUT2D eigenvalue weighted by molar-refractivity contribution is 0.122. The topological polar surface area (TPSA) is 126 Å². The monoisotopic (exact) mass is 527 g/mol. The SMILES string of the molecule is CN(C)CCN(C)C1=NCC(N)(c2nc(N3CCOCC3)nc(-n3c(C(F)F)nc4ccccc43)n2)C=N1. The summed E-state index contributed by atoms with van der Waals surface area (Å²) < 4.78 is 35.0. The number of nitrogens with two attached hydrogens (primary N) is 1. The van der Waals surface area contributed by atoms with Crippen LogP contribution in [-0.2, 0) is 10.3 Å². The van der Waals surface area contributed by atoms with Gasteiger partial charge in [0.25, 0.3) is 6.43 Å². The normalized spacial score (nSPS) is 20.0. The number of ether oxygens (including phenoxy) is 1. The quantitative estimate of drug-likeness (QED) is 0.480. The van der Waals surface area contributed by atoms with Crippen molar-refractivity contribution in [1.82, 2.24) is 34.3 Å². The summed E-state index contributed by atoms with van der Waals surface area (Å²) >= 11 is 0. The molecule has 0 amide bonds. The van der Waals surface area contributed by atoms with Crippen LogP contribution in [0, 0.1) is 0 Å². The van der Waals surface area contributed by atoms with Gasteiger partial charge in [0.05, 0.1) is 30.8 Å². The van der Waals surface area contributed by atoms with E-state index in [2.05, 4.69) is 34.8 Å². The minimum absolute atomic E-state index is 0.0107. The number of hydrogen-bond acceptors (Lipinski definition) is 11. The van der Waals surface area contributed by atoms with Crippen molar-refractivity contribution in [2.75, 3.05) is 72.0 Å². The third-order valence-corrected chi connectivity index (χ3v) is 6.42. The molecule has 1 unspecified atom stereocenters. The summed E-state index contributed by atoms with van der Waals surface area (Å²) in [4.78, 5) is 33.0. The zero-order valence-electron chi connectivity index (χ0n) is 21.6. The van der Waals surface area contributed by atoms with Crippen molar-refractivity contribution in [3.05, 3.63) is 35.9 Å². The fourth-order valence-electron chi connectivity index (χ4n) is 4.22. The number of benzene rings is 1. The first-order valence-electron chi connectivity index (χ1n) is 12.3. The Labute approximate surface area is 218 Å². The first-order chi connectivity index (χ1) is 18.2. The second kappa shape index (κ2) is 10.6. The Morgan fingerprint density at radius 2 is 1.76 bits per heavy atom. The van der Waals surface area contributed by atoms with Crippen molar-refractivity contribution in [2.45, 2.75) is 12.0 Å². The highest BCUT2D eigenvalue weighted by atomic mass is 19.3. The number of imidazole rings is 1. The van der Waals surface area contributed by atoms with E-state index in [1.54, 1.807) is 30.5 Å². The molecule has 3 aromatic rings. The van der Waals surface area contributed by atoms with Crippen molar-refractivity contribution < 1.29 is 13.5 Å². The molecule has 1 fully saturated rings. The second-order valence-electron chi connectivity index (χ2n) is 9.59. The summed E-state index contributed by atoms with van der Waals surface area (Å²) in [6.07, 6.45) is -1.27. The molecule has 1 saturated heterocycles. The van der Waals surface area contributed by atoms with Gasteiger partial charge in [-0.1, -0.05) is 12.1 Å². The largest absolute Gasteiger partial charge is 0.378 e. The number of alkyl halides is 2. The maximum absolute atomic E-state index is 14.1. The molecule has 14 heteroatoms. The summed E-state index contributed by atoms with van der Waals surface area (Å²) in [5.41, 5.74) is 6.35. The highest BCUT2D eigenvalue weighted by molar-refractivity contribution is 5.92. The van der Waals surface area contributed by atoms with Gasteiger partial charge in [0.15, 0.2) is 11.6 Å². The molecule has 0 radical (unpaired) electrons. The van der Waals surface area contributed by atoms with Crippen LogP contribution in [-0.4, -0.2) is 114 Å². The van der Waals surface area contributed by atoms with Gasteiger partial charge in [0.1, 0.15) is 5.54 Å². The molecular weight excluding hydrogens is 496 g/mol. The van der Waals surface area contributed by atoms with Gasteiger partial charge in [-0.25, -0.2) is 23.7 Å². The van der Waals surface area contributed by atoms with E-state index in [9.17, 15) is 8.78 Å². The van der Waals surface area contributed by atoms with Gasteiger partial charge < -0.3 is 25.2 Å². The summed E-state index contributed by atoms with van der Waals surface area (Å²) in [5, 5.41) is 0. The van der Waals surface area contributed by atoms with Crippen LogP contribution < -0.4 is 10.6 Å². The number of para-hydroxylation sites is 2. The minimum Gasteiger partial charge on any atom is -0.378 e. The van der Waals surface area contributed by atoms with Crippen molar-refractivity contribution in [2.24, 2.45) is 15.7 Å². The van der Waals surface area contributed by atoms with Crippen LogP contribution in [0.4, 0.5) is 14.7 Å². The van der Waals surface area contributed by atoms with E-state index < -0.39 is 17.8 Å². The molecule has 2 aliphatic rings. The Kier molecular flexibility index (Phi) is 7.27. The van der Waals surface area contributed by atoms with E-state index in [0.717, 1.165) is 13.1 Å². The number of likely N-dealkylation sites (N-methyl/N-ethyl adjacent to an activating group) is 2. The Bertz CT molecular complexity index is 1350. The summed E-state index contributed by atoms with van der Waals surface area (Å²) in [6, 6.07) is 6.86. The summed E-state index contributed by atoms with van der Waals surface area (Å²) in [6.45, 7) is 3.78. The van der Waals surface area contributed by atoms with Gasteiger partial charge in [0, 0.05) is 39.4 Å².